The summed E-state index contributed by atoms with van der Waals surface area (Å²) in [6, 6.07) is 9.39. The molecule has 20 heavy (non-hydrogen) atoms. The summed E-state index contributed by atoms with van der Waals surface area (Å²) in [7, 11) is 0. The Labute approximate surface area is 121 Å². The Hall–Kier alpha value is -2.14. The fourth-order valence-corrected chi connectivity index (χ4v) is 1.77. The summed E-state index contributed by atoms with van der Waals surface area (Å²) < 4.78 is 1.27. The Morgan fingerprint density at radius 3 is 2.45 bits per heavy atom. The lowest BCUT2D eigenvalue weighted by atomic mass is 10.3. The summed E-state index contributed by atoms with van der Waals surface area (Å²) in [6.07, 6.45) is 0. The Bertz CT molecular complexity index is 678. The van der Waals surface area contributed by atoms with Gasteiger partial charge in [-0.15, -0.1) is 0 Å². The molecule has 6 heteroatoms. The molecule has 0 saturated carbocycles. The third kappa shape index (κ3) is 3.24. The molecule has 1 N–H and O–H groups in total. The summed E-state index contributed by atoms with van der Waals surface area (Å²) in [5.41, 5.74) is 0.569. The predicted octanol–water partition coefficient (Wildman–Crippen LogP) is 2.73. The lowest BCUT2D eigenvalue weighted by Gasteiger charge is -2.10. The molecule has 0 spiro atoms. The first-order valence-electron chi connectivity index (χ1n) is 6.14. The van der Waals surface area contributed by atoms with E-state index < -0.39 is 0 Å². The Kier molecular flexibility index (Phi) is 4.20. The van der Waals surface area contributed by atoms with E-state index in [2.05, 4.69) is 10.4 Å². The molecule has 1 aromatic heterocycles. The average molecular weight is 292 g/mol. The highest BCUT2D eigenvalue weighted by Crippen LogP contribution is 2.14. The SMILES string of the molecule is CC(C)n1nc(C(=O)Nc2ccc(Cl)cc2)ccc1=O. The van der Waals surface area contributed by atoms with Gasteiger partial charge in [0.2, 0.25) is 0 Å². The van der Waals surface area contributed by atoms with Gasteiger partial charge < -0.3 is 5.32 Å². The van der Waals surface area contributed by atoms with Gasteiger partial charge in [0.05, 0.1) is 6.04 Å². The third-order valence-electron chi connectivity index (χ3n) is 2.65. The maximum absolute atomic E-state index is 12.1. The Balaban J connectivity index is 2.23. The highest BCUT2D eigenvalue weighted by atomic mass is 35.5. The largest absolute Gasteiger partial charge is 0.321 e. The topological polar surface area (TPSA) is 64.0 Å². The highest BCUT2D eigenvalue weighted by Gasteiger charge is 2.11. The first-order valence-corrected chi connectivity index (χ1v) is 6.52. The number of halogens is 1. The summed E-state index contributed by atoms with van der Waals surface area (Å²) in [5.74, 6) is -0.373. The quantitative estimate of drug-likeness (QED) is 0.945. The first-order chi connectivity index (χ1) is 9.47. The number of carbonyl (C=O) groups excluding carboxylic acids is 1. The van der Waals surface area contributed by atoms with Crippen LogP contribution in [0, 0.1) is 0 Å². The molecule has 1 heterocycles. The average Bonchev–Trinajstić information content (AvgIpc) is 2.41. The summed E-state index contributed by atoms with van der Waals surface area (Å²) in [6.45, 7) is 3.66. The Morgan fingerprint density at radius 1 is 1.20 bits per heavy atom. The van der Waals surface area contributed by atoms with Gasteiger partial charge >= 0.3 is 0 Å². The lowest BCUT2D eigenvalue weighted by molar-refractivity contribution is 0.101. The second-order valence-corrected chi connectivity index (χ2v) is 4.99. The number of hydrogen-bond acceptors (Lipinski definition) is 3. The monoisotopic (exact) mass is 291 g/mol. The Morgan fingerprint density at radius 2 is 1.85 bits per heavy atom. The number of amides is 1. The molecule has 0 saturated heterocycles. The van der Waals surface area contributed by atoms with Crippen LogP contribution < -0.4 is 10.9 Å². The van der Waals surface area contributed by atoms with Crippen molar-refractivity contribution in [3.8, 4) is 0 Å². The van der Waals surface area contributed by atoms with Crippen molar-refractivity contribution in [2.75, 3.05) is 5.32 Å². The number of nitrogens with zero attached hydrogens (tertiary/aromatic N) is 2. The minimum Gasteiger partial charge on any atom is -0.321 e. The van der Waals surface area contributed by atoms with Crippen molar-refractivity contribution in [3.05, 3.63) is 57.5 Å². The lowest BCUT2D eigenvalue weighted by Crippen LogP contribution is -2.27. The first kappa shape index (κ1) is 14.3. The van der Waals surface area contributed by atoms with Gasteiger partial charge in [0.25, 0.3) is 11.5 Å². The van der Waals surface area contributed by atoms with Crippen molar-refractivity contribution in [2.45, 2.75) is 19.9 Å². The smallest absolute Gasteiger partial charge is 0.276 e. The fourth-order valence-electron chi connectivity index (χ4n) is 1.64. The predicted molar refractivity (Wildman–Crippen MR) is 78.3 cm³/mol. The zero-order chi connectivity index (χ0) is 14.7. The molecular weight excluding hydrogens is 278 g/mol. The molecule has 0 unspecified atom stereocenters. The minimum atomic E-state index is -0.373. The molecule has 2 rings (SSSR count). The molecule has 0 aliphatic heterocycles. The van der Waals surface area contributed by atoms with Gasteiger partial charge in [-0.25, -0.2) is 4.68 Å². The molecule has 0 bridgehead atoms. The van der Waals surface area contributed by atoms with E-state index >= 15 is 0 Å². The molecule has 0 aliphatic rings. The normalized spacial score (nSPS) is 10.6. The van der Waals surface area contributed by atoms with Crippen LogP contribution >= 0.6 is 11.6 Å². The van der Waals surface area contributed by atoms with Crippen LogP contribution in [0.15, 0.2) is 41.2 Å². The van der Waals surface area contributed by atoms with Crippen molar-refractivity contribution in [3.63, 3.8) is 0 Å². The van der Waals surface area contributed by atoms with Gasteiger partial charge in [-0.3, -0.25) is 9.59 Å². The van der Waals surface area contributed by atoms with E-state index in [0.717, 1.165) is 0 Å². The maximum atomic E-state index is 12.1. The van der Waals surface area contributed by atoms with E-state index in [1.165, 1.54) is 16.8 Å². The second kappa shape index (κ2) is 5.88. The van der Waals surface area contributed by atoms with E-state index in [0.29, 0.717) is 10.7 Å². The molecular formula is C14H14ClN3O2. The van der Waals surface area contributed by atoms with E-state index in [1.54, 1.807) is 24.3 Å². The zero-order valence-electron chi connectivity index (χ0n) is 11.1. The number of aromatic nitrogens is 2. The maximum Gasteiger partial charge on any atom is 0.276 e. The van der Waals surface area contributed by atoms with Crippen molar-refractivity contribution in [2.24, 2.45) is 0 Å². The molecule has 5 nitrogen and oxygen atoms in total. The molecule has 0 radical (unpaired) electrons. The van der Waals surface area contributed by atoms with Crippen molar-refractivity contribution >= 4 is 23.2 Å². The molecule has 0 atom stereocenters. The number of benzene rings is 1. The van der Waals surface area contributed by atoms with Crippen molar-refractivity contribution in [1.82, 2.24) is 9.78 Å². The molecule has 0 aliphatic carbocycles. The second-order valence-electron chi connectivity index (χ2n) is 4.56. The van der Waals surface area contributed by atoms with Crippen molar-refractivity contribution in [1.29, 1.82) is 0 Å². The van der Waals surface area contributed by atoms with Gasteiger partial charge in [0.15, 0.2) is 0 Å². The van der Waals surface area contributed by atoms with E-state index in [9.17, 15) is 9.59 Å². The zero-order valence-corrected chi connectivity index (χ0v) is 11.9. The van der Waals surface area contributed by atoms with E-state index in [4.69, 9.17) is 11.6 Å². The third-order valence-corrected chi connectivity index (χ3v) is 2.90. The minimum absolute atomic E-state index is 0.106. The summed E-state index contributed by atoms with van der Waals surface area (Å²) in [4.78, 5) is 23.6. The van der Waals surface area contributed by atoms with Crippen LogP contribution in [-0.4, -0.2) is 15.7 Å². The number of nitrogens with one attached hydrogen (secondary N) is 1. The fraction of sp³-hybridized carbons (Fsp3) is 0.214. The number of rotatable bonds is 3. The standard InChI is InChI=1S/C14H14ClN3O2/c1-9(2)18-13(19)8-7-12(17-18)14(20)16-11-5-3-10(15)4-6-11/h3-9H,1-2H3,(H,16,20). The molecule has 104 valence electrons. The van der Waals surface area contributed by atoms with Gasteiger partial charge in [-0.05, 0) is 44.2 Å². The van der Waals surface area contributed by atoms with Crippen LogP contribution in [0.1, 0.15) is 30.4 Å². The van der Waals surface area contributed by atoms with Gasteiger partial charge in [0.1, 0.15) is 5.69 Å². The number of hydrogen-bond donors (Lipinski definition) is 1. The molecule has 2 aromatic rings. The summed E-state index contributed by atoms with van der Waals surface area (Å²) in [5, 5.41) is 7.34. The van der Waals surface area contributed by atoms with Gasteiger partial charge in [-0.1, -0.05) is 11.6 Å². The van der Waals surface area contributed by atoms with Crippen LogP contribution in [0.5, 0.6) is 0 Å². The van der Waals surface area contributed by atoms with Gasteiger partial charge in [-0.2, -0.15) is 5.10 Å². The van der Waals surface area contributed by atoms with Gasteiger partial charge in [0, 0.05) is 16.8 Å². The summed E-state index contributed by atoms with van der Waals surface area (Å²) >= 11 is 5.78. The van der Waals surface area contributed by atoms with E-state index in [-0.39, 0.29) is 23.2 Å². The molecule has 1 aromatic carbocycles. The van der Waals surface area contributed by atoms with E-state index in [1.807, 2.05) is 13.8 Å². The van der Waals surface area contributed by atoms with Crippen LogP contribution in [0.25, 0.3) is 0 Å². The molecule has 0 fully saturated rings. The molecule has 1 amide bonds. The number of anilines is 1. The van der Waals surface area contributed by atoms with Crippen molar-refractivity contribution < 1.29 is 4.79 Å². The van der Waals surface area contributed by atoms with Crippen LogP contribution in [0.4, 0.5) is 5.69 Å². The van der Waals surface area contributed by atoms with Crippen LogP contribution in [0.3, 0.4) is 0 Å². The van der Waals surface area contributed by atoms with Crippen LogP contribution in [0.2, 0.25) is 5.02 Å². The number of carbonyl (C=O) groups is 1. The highest BCUT2D eigenvalue weighted by molar-refractivity contribution is 6.30. The van der Waals surface area contributed by atoms with Crippen LogP contribution in [-0.2, 0) is 0 Å².